The highest BCUT2D eigenvalue weighted by atomic mass is 16.5. The molecule has 3 aromatic heterocycles. The third kappa shape index (κ3) is 1.69. The molecule has 0 radical (unpaired) electrons. The van der Waals surface area contributed by atoms with Crippen molar-refractivity contribution in [2.75, 3.05) is 6.61 Å². The van der Waals surface area contributed by atoms with Crippen LogP contribution in [0, 0.1) is 11.3 Å². The average molecular weight is 286 g/mol. The van der Waals surface area contributed by atoms with E-state index in [0.29, 0.717) is 5.52 Å². The summed E-state index contributed by atoms with van der Waals surface area (Å²) in [6.07, 6.45) is 1.50. The summed E-state index contributed by atoms with van der Waals surface area (Å²) in [5, 5.41) is 15.6. The number of esters is 1. The summed E-state index contributed by atoms with van der Waals surface area (Å²) in [6, 6.07) is 1.83. The van der Waals surface area contributed by atoms with Crippen LogP contribution in [0.4, 0.5) is 0 Å². The number of ether oxygens (including phenoxy) is 1. The lowest BCUT2D eigenvalue weighted by Gasteiger charge is -2.04. The van der Waals surface area contributed by atoms with Crippen molar-refractivity contribution in [1.29, 1.82) is 5.26 Å². The predicted molar refractivity (Wildman–Crippen MR) is 70.8 cm³/mol. The van der Waals surface area contributed by atoms with Crippen LogP contribution in [0.15, 0.2) is 11.0 Å². The van der Waals surface area contributed by atoms with Gasteiger partial charge in [-0.3, -0.25) is 4.79 Å². The minimum absolute atomic E-state index is 0.0207. The fraction of sp³-hybridized carbons (Fsp3) is 0.250. The number of rotatable bonds is 2. The number of nitrogens with one attached hydrogen (secondary N) is 1. The molecule has 0 spiro atoms. The summed E-state index contributed by atoms with van der Waals surface area (Å²) in [4.78, 5) is 28.0. The molecule has 0 aliphatic carbocycles. The minimum Gasteiger partial charge on any atom is -0.461 e. The fourth-order valence-corrected chi connectivity index (χ4v) is 2.23. The molecule has 0 bridgehead atoms. The van der Waals surface area contributed by atoms with Crippen LogP contribution in [0.1, 0.15) is 23.1 Å². The van der Waals surface area contributed by atoms with Crippen molar-refractivity contribution >= 4 is 22.5 Å². The second kappa shape index (κ2) is 4.45. The molecule has 0 saturated heterocycles. The Morgan fingerprint density at radius 1 is 1.57 bits per heavy atom. The Morgan fingerprint density at radius 2 is 2.33 bits per heavy atom. The Morgan fingerprint density at radius 3 is 3.00 bits per heavy atom. The molecule has 0 fully saturated rings. The summed E-state index contributed by atoms with van der Waals surface area (Å²) in [5.41, 5.74) is 0.00268. The molecule has 0 aliphatic rings. The van der Waals surface area contributed by atoms with Crippen molar-refractivity contribution in [2.45, 2.75) is 6.92 Å². The summed E-state index contributed by atoms with van der Waals surface area (Å²) >= 11 is 0. The first-order chi connectivity index (χ1) is 10.1. The molecule has 1 N–H and O–H groups in total. The molecule has 3 heterocycles. The highest BCUT2D eigenvalue weighted by molar-refractivity contribution is 6.02. The topological polar surface area (TPSA) is 118 Å². The van der Waals surface area contributed by atoms with E-state index in [-0.39, 0.29) is 29.0 Å². The van der Waals surface area contributed by atoms with Gasteiger partial charge in [-0.25, -0.2) is 14.5 Å². The van der Waals surface area contributed by atoms with Crippen molar-refractivity contribution in [3.63, 3.8) is 0 Å². The Kier molecular flexibility index (Phi) is 2.72. The van der Waals surface area contributed by atoms with Gasteiger partial charge >= 0.3 is 5.97 Å². The normalized spacial score (nSPS) is 10.9. The van der Waals surface area contributed by atoms with Crippen molar-refractivity contribution in [3.8, 4) is 6.07 Å². The Hall–Kier alpha value is -3.15. The maximum absolute atomic E-state index is 12.1. The second-order valence-electron chi connectivity index (χ2n) is 4.32. The number of H-pyrrole nitrogens is 1. The monoisotopic (exact) mass is 286 g/mol. The fourth-order valence-electron chi connectivity index (χ4n) is 2.23. The van der Waals surface area contributed by atoms with Crippen molar-refractivity contribution in [2.24, 2.45) is 7.05 Å². The number of aryl methyl sites for hydroxylation is 1. The van der Waals surface area contributed by atoms with Crippen LogP contribution in [-0.2, 0) is 11.8 Å². The number of carbonyl (C=O) groups excluding carboxylic acids is 1. The molecule has 21 heavy (non-hydrogen) atoms. The average Bonchev–Trinajstić information content (AvgIpc) is 2.99. The molecular formula is C12H10N6O3. The van der Waals surface area contributed by atoms with Gasteiger partial charge in [-0.05, 0) is 6.92 Å². The number of aromatic nitrogens is 5. The van der Waals surface area contributed by atoms with Gasteiger partial charge in [0.05, 0.1) is 12.0 Å². The van der Waals surface area contributed by atoms with E-state index in [2.05, 4.69) is 15.3 Å². The molecule has 3 aromatic rings. The lowest BCUT2D eigenvalue weighted by Crippen LogP contribution is -2.13. The summed E-state index contributed by atoms with van der Waals surface area (Å²) in [5.74, 6) is -0.567. The first kappa shape index (κ1) is 12.9. The van der Waals surface area contributed by atoms with Crippen LogP contribution in [0.25, 0.3) is 16.6 Å². The largest absolute Gasteiger partial charge is 0.461 e. The molecule has 0 aromatic carbocycles. The van der Waals surface area contributed by atoms with Crippen LogP contribution in [0.5, 0.6) is 0 Å². The van der Waals surface area contributed by atoms with Crippen LogP contribution in [0.3, 0.4) is 0 Å². The van der Waals surface area contributed by atoms with E-state index < -0.39 is 11.5 Å². The molecular weight excluding hydrogens is 276 g/mol. The van der Waals surface area contributed by atoms with Crippen molar-refractivity contribution in [3.05, 3.63) is 27.9 Å². The number of nitriles is 1. The highest BCUT2D eigenvalue weighted by Crippen LogP contribution is 2.19. The van der Waals surface area contributed by atoms with Crippen LogP contribution < -0.4 is 5.56 Å². The van der Waals surface area contributed by atoms with E-state index >= 15 is 0 Å². The van der Waals surface area contributed by atoms with E-state index in [1.807, 2.05) is 6.07 Å². The van der Waals surface area contributed by atoms with Gasteiger partial charge in [0.1, 0.15) is 11.6 Å². The molecule has 0 unspecified atom stereocenters. The molecule has 0 amide bonds. The number of nitrogens with zero attached hydrogens (tertiary/aromatic N) is 5. The van der Waals surface area contributed by atoms with E-state index in [4.69, 9.17) is 10.00 Å². The third-order valence-corrected chi connectivity index (χ3v) is 3.08. The Labute approximate surface area is 117 Å². The van der Waals surface area contributed by atoms with Gasteiger partial charge in [0.2, 0.25) is 5.69 Å². The molecule has 9 heteroatoms. The van der Waals surface area contributed by atoms with Crippen LogP contribution in [-0.4, -0.2) is 37.0 Å². The van der Waals surface area contributed by atoms with Gasteiger partial charge in [0.25, 0.3) is 5.56 Å². The molecule has 0 atom stereocenters. The van der Waals surface area contributed by atoms with E-state index in [0.717, 1.165) is 0 Å². The summed E-state index contributed by atoms with van der Waals surface area (Å²) < 4.78 is 7.83. The molecule has 0 aliphatic heterocycles. The number of aromatic amines is 1. The molecule has 106 valence electrons. The van der Waals surface area contributed by atoms with Crippen LogP contribution >= 0.6 is 0 Å². The van der Waals surface area contributed by atoms with E-state index in [1.54, 1.807) is 14.0 Å². The van der Waals surface area contributed by atoms with E-state index in [1.165, 1.54) is 15.3 Å². The first-order valence-corrected chi connectivity index (χ1v) is 6.11. The molecule has 9 nitrogen and oxygen atoms in total. The van der Waals surface area contributed by atoms with Gasteiger partial charge in [-0.1, -0.05) is 0 Å². The van der Waals surface area contributed by atoms with Gasteiger partial charge in [0, 0.05) is 13.2 Å². The van der Waals surface area contributed by atoms with Gasteiger partial charge in [-0.2, -0.15) is 10.2 Å². The number of carbonyl (C=O) groups is 1. The maximum atomic E-state index is 12.1. The highest BCUT2D eigenvalue weighted by Gasteiger charge is 2.23. The van der Waals surface area contributed by atoms with Crippen molar-refractivity contribution < 1.29 is 9.53 Å². The molecule has 0 saturated carbocycles. The Bertz CT molecular complexity index is 971. The predicted octanol–water partition coefficient (Wildman–Crippen LogP) is -0.0423. The molecule has 3 rings (SSSR count). The first-order valence-electron chi connectivity index (χ1n) is 6.11. The summed E-state index contributed by atoms with van der Waals surface area (Å²) in [7, 11) is 1.62. The quantitative estimate of drug-likeness (QED) is 0.660. The Balaban J connectivity index is 2.50. The lowest BCUT2D eigenvalue weighted by atomic mass is 10.3. The minimum atomic E-state index is -0.567. The SMILES string of the molecule is CCOC(=O)c1c2c(cn1C)c(=O)nc1c(C#N)n[nH]n12. The van der Waals surface area contributed by atoms with Gasteiger partial charge in [0.15, 0.2) is 11.3 Å². The number of hydrogen-bond donors (Lipinski definition) is 1. The third-order valence-electron chi connectivity index (χ3n) is 3.08. The zero-order chi connectivity index (χ0) is 15.1. The maximum Gasteiger partial charge on any atom is 0.357 e. The van der Waals surface area contributed by atoms with Crippen LogP contribution in [0.2, 0.25) is 0 Å². The van der Waals surface area contributed by atoms with Gasteiger partial charge in [-0.15, -0.1) is 5.10 Å². The van der Waals surface area contributed by atoms with E-state index in [9.17, 15) is 9.59 Å². The summed E-state index contributed by atoms with van der Waals surface area (Å²) in [6.45, 7) is 1.90. The zero-order valence-corrected chi connectivity index (χ0v) is 11.2. The lowest BCUT2D eigenvalue weighted by molar-refractivity contribution is 0.0517. The zero-order valence-electron chi connectivity index (χ0n) is 11.2. The van der Waals surface area contributed by atoms with Gasteiger partial charge < -0.3 is 9.30 Å². The number of hydrogen-bond acceptors (Lipinski definition) is 6. The van der Waals surface area contributed by atoms with Crippen molar-refractivity contribution in [1.82, 2.24) is 24.4 Å². The smallest absolute Gasteiger partial charge is 0.357 e. The second-order valence-corrected chi connectivity index (χ2v) is 4.32. The standard InChI is InChI=1S/C12H10N6O3/c1-3-21-12(20)9-8-6(5-17(9)2)11(19)14-10-7(4-13)15-16-18(8)10/h5,16H,3H2,1-2H3. The number of fused-ring (bicyclic) bond motifs is 3.